The molecule has 0 aromatic heterocycles. The fraction of sp³-hybridized carbons (Fsp3) is 0.294. The van der Waals surface area contributed by atoms with Crippen molar-refractivity contribution in [3.8, 4) is 0 Å². The van der Waals surface area contributed by atoms with Crippen molar-refractivity contribution in [3.63, 3.8) is 0 Å². The Morgan fingerprint density at radius 3 is 2.50 bits per heavy atom. The lowest BCUT2D eigenvalue weighted by Crippen LogP contribution is -2.13. The lowest BCUT2D eigenvalue weighted by Gasteiger charge is -2.16. The molecule has 0 saturated heterocycles. The molecule has 3 heteroatoms. The Labute approximate surface area is 130 Å². The summed E-state index contributed by atoms with van der Waals surface area (Å²) in [5.74, 6) is 0.622. The quantitative estimate of drug-likeness (QED) is 0.821. The summed E-state index contributed by atoms with van der Waals surface area (Å²) < 4.78 is 0. The minimum absolute atomic E-state index is 0.256. The van der Waals surface area contributed by atoms with Gasteiger partial charge in [-0.25, -0.2) is 0 Å². The minimum atomic E-state index is -0.256. The van der Waals surface area contributed by atoms with E-state index in [1.807, 2.05) is 18.2 Å². The maximum Gasteiger partial charge on any atom is 0.0567 e. The van der Waals surface area contributed by atoms with Crippen LogP contribution < -0.4 is 5.73 Å². The van der Waals surface area contributed by atoms with E-state index in [1.54, 1.807) is 12.1 Å². The van der Waals surface area contributed by atoms with Gasteiger partial charge in [0.1, 0.15) is 0 Å². The second-order valence-corrected chi connectivity index (χ2v) is 6.33. The maximum absolute atomic E-state index is 6.34. The van der Waals surface area contributed by atoms with Crippen LogP contribution in [-0.4, -0.2) is 0 Å². The average Bonchev–Trinajstić information content (AvgIpc) is 2.40. The number of hydrogen-bond donors (Lipinski definition) is 1. The van der Waals surface area contributed by atoms with Crippen molar-refractivity contribution in [2.24, 2.45) is 11.7 Å². The predicted molar refractivity (Wildman–Crippen MR) is 87.5 cm³/mol. The van der Waals surface area contributed by atoms with Crippen LogP contribution in [0.5, 0.6) is 0 Å². The van der Waals surface area contributed by atoms with E-state index in [1.165, 1.54) is 5.56 Å². The second-order valence-electron chi connectivity index (χ2n) is 5.49. The fourth-order valence-electron chi connectivity index (χ4n) is 2.32. The smallest absolute Gasteiger partial charge is 0.0567 e. The van der Waals surface area contributed by atoms with Gasteiger partial charge in [-0.1, -0.05) is 61.3 Å². The summed E-state index contributed by atoms with van der Waals surface area (Å²) >= 11 is 12.3. The van der Waals surface area contributed by atoms with Gasteiger partial charge in [0.2, 0.25) is 0 Å². The van der Waals surface area contributed by atoms with E-state index >= 15 is 0 Å². The lowest BCUT2D eigenvalue weighted by atomic mass is 9.95. The van der Waals surface area contributed by atoms with Crippen LogP contribution in [0.1, 0.15) is 36.6 Å². The first-order valence-corrected chi connectivity index (χ1v) is 7.52. The molecule has 0 bridgehead atoms. The lowest BCUT2D eigenvalue weighted by molar-refractivity contribution is 0.646. The molecule has 0 aliphatic heterocycles. The first-order chi connectivity index (χ1) is 9.47. The molecular formula is C17H19Cl2N. The van der Waals surface area contributed by atoms with Crippen LogP contribution in [0, 0.1) is 5.92 Å². The Hall–Kier alpha value is -1.02. The molecule has 0 fully saturated rings. The first kappa shape index (κ1) is 15.4. The van der Waals surface area contributed by atoms with E-state index in [0.29, 0.717) is 16.0 Å². The zero-order valence-electron chi connectivity index (χ0n) is 11.7. The summed E-state index contributed by atoms with van der Waals surface area (Å²) in [5.41, 5.74) is 9.56. The molecule has 1 unspecified atom stereocenters. The molecule has 2 N–H and O–H groups in total. The molecule has 0 amide bonds. The average molecular weight is 308 g/mol. The summed E-state index contributed by atoms with van der Waals surface area (Å²) in [7, 11) is 0. The normalized spacial score (nSPS) is 12.7. The largest absolute Gasteiger partial charge is 0.320 e. The van der Waals surface area contributed by atoms with Gasteiger partial charge in [-0.05, 0) is 47.2 Å². The van der Waals surface area contributed by atoms with Crippen molar-refractivity contribution in [2.75, 3.05) is 0 Å². The zero-order chi connectivity index (χ0) is 14.7. The van der Waals surface area contributed by atoms with Gasteiger partial charge in [0.25, 0.3) is 0 Å². The molecule has 1 nitrogen and oxygen atoms in total. The highest BCUT2D eigenvalue weighted by Gasteiger charge is 2.13. The summed E-state index contributed by atoms with van der Waals surface area (Å²) in [4.78, 5) is 0. The Morgan fingerprint density at radius 2 is 1.80 bits per heavy atom. The van der Waals surface area contributed by atoms with E-state index in [9.17, 15) is 0 Å². The summed E-state index contributed by atoms with van der Waals surface area (Å²) in [6, 6.07) is 13.5. The van der Waals surface area contributed by atoms with Gasteiger partial charge >= 0.3 is 0 Å². The monoisotopic (exact) mass is 307 g/mol. The van der Waals surface area contributed by atoms with E-state index in [4.69, 9.17) is 28.9 Å². The molecule has 0 aliphatic rings. The van der Waals surface area contributed by atoms with Crippen LogP contribution in [0.15, 0.2) is 42.5 Å². The standard InChI is InChI=1S/C17H19Cl2N/c1-11(2)8-12-4-3-5-13(9-12)17(20)15-10-14(18)6-7-16(15)19/h3-7,9-11,17H,8,20H2,1-2H3. The number of halogens is 2. The van der Waals surface area contributed by atoms with Crippen molar-refractivity contribution in [3.05, 3.63) is 69.2 Å². The van der Waals surface area contributed by atoms with Gasteiger partial charge in [0, 0.05) is 10.0 Å². The van der Waals surface area contributed by atoms with E-state index < -0.39 is 0 Å². The minimum Gasteiger partial charge on any atom is -0.320 e. The third-order valence-electron chi connectivity index (χ3n) is 3.25. The Balaban J connectivity index is 2.33. The summed E-state index contributed by atoms with van der Waals surface area (Å²) in [5, 5.41) is 1.30. The van der Waals surface area contributed by atoms with E-state index in [0.717, 1.165) is 17.5 Å². The van der Waals surface area contributed by atoms with Crippen molar-refractivity contribution >= 4 is 23.2 Å². The number of benzene rings is 2. The van der Waals surface area contributed by atoms with Crippen LogP contribution in [0.4, 0.5) is 0 Å². The Bertz CT molecular complexity index is 593. The molecule has 2 aromatic rings. The molecular weight excluding hydrogens is 289 g/mol. The summed E-state index contributed by atoms with van der Waals surface area (Å²) in [6.07, 6.45) is 1.05. The molecule has 0 radical (unpaired) electrons. The Morgan fingerprint density at radius 1 is 1.05 bits per heavy atom. The SMILES string of the molecule is CC(C)Cc1cccc(C(N)c2cc(Cl)ccc2Cl)c1. The topological polar surface area (TPSA) is 26.0 Å². The number of hydrogen-bond acceptors (Lipinski definition) is 1. The van der Waals surface area contributed by atoms with Crippen molar-refractivity contribution < 1.29 is 0 Å². The van der Waals surface area contributed by atoms with Crippen molar-refractivity contribution in [1.29, 1.82) is 0 Å². The third-order valence-corrected chi connectivity index (χ3v) is 3.83. The summed E-state index contributed by atoms with van der Waals surface area (Å²) in [6.45, 7) is 4.42. The van der Waals surface area contributed by atoms with Crippen molar-refractivity contribution in [1.82, 2.24) is 0 Å². The van der Waals surface area contributed by atoms with Crippen LogP contribution in [0.3, 0.4) is 0 Å². The second kappa shape index (κ2) is 6.62. The molecule has 2 rings (SSSR count). The van der Waals surface area contributed by atoms with Crippen LogP contribution in [0.2, 0.25) is 10.0 Å². The van der Waals surface area contributed by atoms with E-state index in [2.05, 4.69) is 26.0 Å². The van der Waals surface area contributed by atoms with Gasteiger partial charge in [-0.2, -0.15) is 0 Å². The molecule has 106 valence electrons. The third kappa shape index (κ3) is 3.76. The van der Waals surface area contributed by atoms with E-state index in [-0.39, 0.29) is 6.04 Å². The fourth-order valence-corrected chi connectivity index (χ4v) is 2.73. The van der Waals surface area contributed by atoms with Gasteiger partial charge in [0.15, 0.2) is 0 Å². The van der Waals surface area contributed by atoms with Gasteiger partial charge < -0.3 is 5.73 Å². The highest BCUT2D eigenvalue weighted by molar-refractivity contribution is 6.33. The molecule has 0 aliphatic carbocycles. The molecule has 1 atom stereocenters. The van der Waals surface area contributed by atoms with Crippen molar-refractivity contribution in [2.45, 2.75) is 26.3 Å². The molecule has 0 saturated carbocycles. The Kier molecular flexibility index (Phi) is 5.09. The van der Waals surface area contributed by atoms with Gasteiger partial charge in [-0.3, -0.25) is 0 Å². The highest BCUT2D eigenvalue weighted by Crippen LogP contribution is 2.29. The van der Waals surface area contributed by atoms with Gasteiger partial charge in [0.05, 0.1) is 6.04 Å². The van der Waals surface area contributed by atoms with Crippen LogP contribution in [0.25, 0.3) is 0 Å². The first-order valence-electron chi connectivity index (χ1n) is 6.76. The van der Waals surface area contributed by atoms with Gasteiger partial charge in [-0.15, -0.1) is 0 Å². The zero-order valence-corrected chi connectivity index (χ0v) is 13.2. The maximum atomic E-state index is 6.34. The highest BCUT2D eigenvalue weighted by atomic mass is 35.5. The number of rotatable bonds is 4. The predicted octanol–water partition coefficient (Wildman–Crippen LogP) is 5.24. The molecule has 0 heterocycles. The molecule has 0 spiro atoms. The number of nitrogens with two attached hydrogens (primary N) is 1. The van der Waals surface area contributed by atoms with Crippen LogP contribution in [-0.2, 0) is 6.42 Å². The molecule has 2 aromatic carbocycles. The van der Waals surface area contributed by atoms with Crippen LogP contribution >= 0.6 is 23.2 Å². The molecule has 20 heavy (non-hydrogen) atoms.